The quantitative estimate of drug-likeness (QED) is 0.903. The summed E-state index contributed by atoms with van der Waals surface area (Å²) in [5.41, 5.74) is 4.55. The number of carbonyl (C=O) groups excluding carboxylic acids is 1. The minimum atomic E-state index is 0.133. The fourth-order valence-electron chi connectivity index (χ4n) is 2.95. The molecule has 1 aliphatic rings. The molecule has 1 fully saturated rings. The lowest BCUT2D eigenvalue weighted by molar-refractivity contribution is -0.119. The summed E-state index contributed by atoms with van der Waals surface area (Å²) in [7, 11) is 0. The molecule has 3 nitrogen and oxygen atoms in total. The molecule has 0 spiro atoms. The zero-order valence-electron chi connectivity index (χ0n) is 12.5. The Kier molecular flexibility index (Phi) is 4.06. The van der Waals surface area contributed by atoms with Crippen LogP contribution in [0.4, 0.5) is 5.13 Å². The number of rotatable bonds is 3. The van der Waals surface area contributed by atoms with Crippen molar-refractivity contribution in [3.63, 3.8) is 0 Å². The third kappa shape index (κ3) is 3.16. The topological polar surface area (TPSA) is 42.0 Å². The molecule has 1 aromatic carbocycles. The van der Waals surface area contributed by atoms with Gasteiger partial charge < -0.3 is 5.32 Å². The van der Waals surface area contributed by atoms with Gasteiger partial charge in [0.2, 0.25) is 5.91 Å². The highest BCUT2D eigenvalue weighted by Crippen LogP contribution is 2.30. The lowest BCUT2D eigenvalue weighted by Gasteiger charge is -2.07. The van der Waals surface area contributed by atoms with E-state index in [2.05, 4.69) is 42.3 Å². The lowest BCUT2D eigenvalue weighted by atomic mass is 10.0. The van der Waals surface area contributed by atoms with E-state index in [0.29, 0.717) is 5.13 Å². The third-order valence-electron chi connectivity index (χ3n) is 4.12. The fourth-order valence-corrected chi connectivity index (χ4v) is 3.66. The number of anilines is 1. The summed E-state index contributed by atoms with van der Waals surface area (Å²) in [5.74, 6) is 0.312. The maximum atomic E-state index is 12.1. The van der Waals surface area contributed by atoms with E-state index in [1.165, 1.54) is 35.3 Å². The Morgan fingerprint density at radius 2 is 2.05 bits per heavy atom. The molecule has 2 aromatic rings. The second-order valence-corrected chi connectivity index (χ2v) is 6.69. The number of benzene rings is 1. The van der Waals surface area contributed by atoms with Crippen molar-refractivity contribution in [2.45, 2.75) is 39.5 Å². The van der Waals surface area contributed by atoms with E-state index >= 15 is 0 Å². The Morgan fingerprint density at radius 1 is 1.29 bits per heavy atom. The molecule has 1 saturated carbocycles. The van der Waals surface area contributed by atoms with Crippen LogP contribution in [-0.4, -0.2) is 10.9 Å². The Labute approximate surface area is 129 Å². The summed E-state index contributed by atoms with van der Waals surface area (Å²) in [5, 5.41) is 5.70. The first kappa shape index (κ1) is 14.3. The molecule has 1 heterocycles. The van der Waals surface area contributed by atoms with E-state index in [1.807, 2.05) is 5.38 Å². The highest BCUT2D eigenvalue weighted by Gasteiger charge is 2.23. The average Bonchev–Trinajstić information content (AvgIpc) is 3.09. The molecule has 0 atom stereocenters. The summed E-state index contributed by atoms with van der Waals surface area (Å²) >= 11 is 1.50. The van der Waals surface area contributed by atoms with Crippen LogP contribution in [0.25, 0.3) is 11.3 Å². The molecular formula is C17H20N2OS. The molecule has 0 radical (unpaired) electrons. The average molecular weight is 300 g/mol. The number of aromatic nitrogens is 1. The maximum Gasteiger partial charge on any atom is 0.229 e. The van der Waals surface area contributed by atoms with Crippen molar-refractivity contribution < 1.29 is 4.79 Å². The van der Waals surface area contributed by atoms with E-state index in [1.54, 1.807) is 0 Å². The van der Waals surface area contributed by atoms with E-state index < -0.39 is 0 Å². The lowest BCUT2D eigenvalue weighted by Crippen LogP contribution is -2.20. The SMILES string of the molecule is Cc1ccc(-c2csc(NC(=O)C3CCCC3)n2)c(C)c1. The molecule has 0 aliphatic heterocycles. The first-order chi connectivity index (χ1) is 10.1. The molecule has 0 unspecified atom stereocenters. The smallest absolute Gasteiger partial charge is 0.229 e. The summed E-state index contributed by atoms with van der Waals surface area (Å²) in [6.07, 6.45) is 4.37. The Morgan fingerprint density at radius 3 is 2.76 bits per heavy atom. The maximum absolute atomic E-state index is 12.1. The summed E-state index contributed by atoms with van der Waals surface area (Å²) in [6, 6.07) is 6.35. The normalized spacial score (nSPS) is 15.3. The summed E-state index contributed by atoms with van der Waals surface area (Å²) in [4.78, 5) is 16.7. The van der Waals surface area contributed by atoms with E-state index in [0.717, 1.165) is 24.1 Å². The molecule has 1 amide bonds. The van der Waals surface area contributed by atoms with Gasteiger partial charge in [0.25, 0.3) is 0 Å². The number of hydrogen-bond acceptors (Lipinski definition) is 3. The standard InChI is InChI=1S/C17H20N2OS/c1-11-7-8-14(12(2)9-11)15-10-21-17(18-15)19-16(20)13-5-3-4-6-13/h7-10,13H,3-6H2,1-2H3,(H,18,19,20). The molecule has 1 aliphatic carbocycles. The fraction of sp³-hybridized carbons (Fsp3) is 0.412. The molecule has 110 valence electrons. The van der Waals surface area contributed by atoms with Crippen LogP contribution in [0.3, 0.4) is 0 Å². The first-order valence-electron chi connectivity index (χ1n) is 7.47. The van der Waals surface area contributed by atoms with Crippen LogP contribution >= 0.6 is 11.3 Å². The van der Waals surface area contributed by atoms with Crippen LogP contribution in [0.1, 0.15) is 36.8 Å². The zero-order chi connectivity index (χ0) is 14.8. The van der Waals surface area contributed by atoms with E-state index in [4.69, 9.17) is 0 Å². The van der Waals surface area contributed by atoms with Gasteiger partial charge in [-0.15, -0.1) is 11.3 Å². The Hall–Kier alpha value is -1.68. The number of carbonyl (C=O) groups is 1. The monoisotopic (exact) mass is 300 g/mol. The number of aryl methyl sites for hydroxylation is 2. The van der Waals surface area contributed by atoms with Gasteiger partial charge in [-0.05, 0) is 32.3 Å². The van der Waals surface area contributed by atoms with E-state index in [9.17, 15) is 4.79 Å². The van der Waals surface area contributed by atoms with Crippen LogP contribution in [0.15, 0.2) is 23.6 Å². The van der Waals surface area contributed by atoms with Crippen molar-refractivity contribution in [2.24, 2.45) is 5.92 Å². The molecule has 1 aromatic heterocycles. The molecule has 0 bridgehead atoms. The van der Waals surface area contributed by atoms with Gasteiger partial charge in [-0.3, -0.25) is 4.79 Å². The number of hydrogen-bond donors (Lipinski definition) is 1. The van der Waals surface area contributed by atoms with Crippen molar-refractivity contribution in [1.29, 1.82) is 0 Å². The number of nitrogens with zero attached hydrogens (tertiary/aromatic N) is 1. The largest absolute Gasteiger partial charge is 0.302 e. The third-order valence-corrected chi connectivity index (χ3v) is 4.88. The minimum absolute atomic E-state index is 0.133. The molecule has 21 heavy (non-hydrogen) atoms. The summed E-state index contributed by atoms with van der Waals surface area (Å²) in [6.45, 7) is 4.18. The minimum Gasteiger partial charge on any atom is -0.302 e. The van der Waals surface area contributed by atoms with Crippen LogP contribution < -0.4 is 5.32 Å². The van der Waals surface area contributed by atoms with Gasteiger partial charge >= 0.3 is 0 Å². The predicted molar refractivity (Wildman–Crippen MR) is 87.6 cm³/mol. The van der Waals surface area contributed by atoms with Gasteiger partial charge in [-0.2, -0.15) is 0 Å². The van der Waals surface area contributed by atoms with Gasteiger partial charge in [0, 0.05) is 16.9 Å². The van der Waals surface area contributed by atoms with Gasteiger partial charge in [0.15, 0.2) is 5.13 Å². The number of thiazole rings is 1. The highest BCUT2D eigenvalue weighted by molar-refractivity contribution is 7.14. The van der Waals surface area contributed by atoms with Gasteiger partial charge in [-0.1, -0.05) is 36.6 Å². The summed E-state index contributed by atoms with van der Waals surface area (Å²) < 4.78 is 0. The van der Waals surface area contributed by atoms with Crippen molar-refractivity contribution in [3.05, 3.63) is 34.7 Å². The van der Waals surface area contributed by atoms with E-state index in [-0.39, 0.29) is 11.8 Å². The van der Waals surface area contributed by atoms with Crippen LogP contribution in [-0.2, 0) is 4.79 Å². The van der Waals surface area contributed by atoms with Crippen LogP contribution in [0, 0.1) is 19.8 Å². The second kappa shape index (κ2) is 5.98. The van der Waals surface area contributed by atoms with Crippen molar-refractivity contribution in [2.75, 3.05) is 5.32 Å². The van der Waals surface area contributed by atoms with Gasteiger partial charge in [0.1, 0.15) is 0 Å². The molecule has 1 N–H and O–H groups in total. The molecule has 4 heteroatoms. The molecular weight excluding hydrogens is 280 g/mol. The van der Waals surface area contributed by atoms with Crippen LogP contribution in [0.5, 0.6) is 0 Å². The Bertz CT molecular complexity index is 657. The number of amides is 1. The molecule has 0 saturated heterocycles. The van der Waals surface area contributed by atoms with Crippen molar-refractivity contribution >= 4 is 22.4 Å². The van der Waals surface area contributed by atoms with Gasteiger partial charge in [-0.25, -0.2) is 4.98 Å². The van der Waals surface area contributed by atoms with Crippen molar-refractivity contribution in [3.8, 4) is 11.3 Å². The second-order valence-electron chi connectivity index (χ2n) is 5.83. The predicted octanol–water partition coefficient (Wildman–Crippen LogP) is 4.56. The van der Waals surface area contributed by atoms with Crippen molar-refractivity contribution in [1.82, 2.24) is 4.98 Å². The van der Waals surface area contributed by atoms with Gasteiger partial charge in [0.05, 0.1) is 5.69 Å². The zero-order valence-corrected chi connectivity index (χ0v) is 13.3. The number of nitrogens with one attached hydrogen (secondary N) is 1. The molecule has 3 rings (SSSR count). The van der Waals surface area contributed by atoms with Crippen LogP contribution in [0.2, 0.25) is 0 Å². The first-order valence-corrected chi connectivity index (χ1v) is 8.35. The highest BCUT2D eigenvalue weighted by atomic mass is 32.1. The Balaban J connectivity index is 1.75.